The standard InChI is InChI=1S/C25H32N8O3S/c1-3-37(35,36)32-19-4-5-21-22(14-19)33-12-9-17(10-13-33)8-11-28-31-24-20(18(15-26)16-27-2)6-7-23(29-24)30-25(21)34/h4-7,11,14-17,32H,3,8-10,12-13,26H2,1-2H3,(H2,29,30,31,34)/b18-15+,27-16?,28-11+. The number of allylic oxidation sites excluding steroid dienone is 1. The number of anilines is 4. The number of carbonyl (C=O) groups is 1. The number of hydrogen-bond acceptors (Lipinski definition) is 9. The van der Waals surface area contributed by atoms with Gasteiger partial charge in [0.1, 0.15) is 5.82 Å². The first-order valence-electron chi connectivity index (χ1n) is 12.2. The van der Waals surface area contributed by atoms with Crippen LogP contribution in [0.3, 0.4) is 0 Å². The summed E-state index contributed by atoms with van der Waals surface area (Å²) in [6.07, 6.45) is 7.55. The summed E-state index contributed by atoms with van der Waals surface area (Å²) in [6.45, 7) is 3.06. The van der Waals surface area contributed by atoms with Gasteiger partial charge in [0.15, 0.2) is 5.82 Å². The highest BCUT2D eigenvalue weighted by molar-refractivity contribution is 7.92. The van der Waals surface area contributed by atoms with Gasteiger partial charge < -0.3 is 16.0 Å². The molecule has 0 saturated carbocycles. The number of amides is 1. The SMILES string of the molecule is CCS(=O)(=O)Nc1ccc2c(c1)N1CCC(C/C=N/Nc3nc(ccc3/C(C=NC)=C/N)NC2=O)CC1. The Morgan fingerprint density at radius 2 is 2.05 bits per heavy atom. The van der Waals surface area contributed by atoms with Gasteiger partial charge in [0.2, 0.25) is 10.0 Å². The van der Waals surface area contributed by atoms with E-state index in [1.165, 1.54) is 6.20 Å². The van der Waals surface area contributed by atoms with Crippen LogP contribution in [0.25, 0.3) is 5.57 Å². The van der Waals surface area contributed by atoms with E-state index < -0.39 is 10.0 Å². The van der Waals surface area contributed by atoms with Crippen LogP contribution in [0.4, 0.5) is 23.0 Å². The van der Waals surface area contributed by atoms with Gasteiger partial charge in [0.05, 0.1) is 22.7 Å². The summed E-state index contributed by atoms with van der Waals surface area (Å²) in [5.74, 6) is 0.804. The van der Waals surface area contributed by atoms with Crippen molar-refractivity contribution in [3.8, 4) is 0 Å². The molecule has 5 rings (SSSR count). The number of fused-ring (bicyclic) bond motifs is 5. The summed E-state index contributed by atoms with van der Waals surface area (Å²) in [5, 5.41) is 7.25. The highest BCUT2D eigenvalue weighted by Gasteiger charge is 2.24. The molecule has 0 aliphatic carbocycles. The molecule has 37 heavy (non-hydrogen) atoms. The van der Waals surface area contributed by atoms with E-state index in [9.17, 15) is 13.2 Å². The van der Waals surface area contributed by atoms with Crippen molar-refractivity contribution in [3.63, 3.8) is 0 Å². The number of aromatic nitrogens is 1. The van der Waals surface area contributed by atoms with Crippen molar-refractivity contribution in [2.75, 3.05) is 46.3 Å². The summed E-state index contributed by atoms with van der Waals surface area (Å²) >= 11 is 0. The number of pyridine rings is 1. The number of rotatable bonds is 5. The molecule has 4 heterocycles. The largest absolute Gasteiger partial charge is 0.404 e. The lowest BCUT2D eigenvalue weighted by atomic mass is 9.93. The van der Waals surface area contributed by atoms with Gasteiger partial charge in [-0.25, -0.2) is 13.4 Å². The van der Waals surface area contributed by atoms with E-state index in [0.29, 0.717) is 45.6 Å². The van der Waals surface area contributed by atoms with E-state index >= 15 is 0 Å². The number of nitrogens with one attached hydrogen (secondary N) is 3. The first-order valence-corrected chi connectivity index (χ1v) is 13.8. The average Bonchev–Trinajstić information content (AvgIpc) is 2.90. The molecule has 11 nitrogen and oxygen atoms in total. The Hall–Kier alpha value is -3.93. The molecule has 3 aliphatic rings. The maximum absolute atomic E-state index is 13.4. The van der Waals surface area contributed by atoms with Crippen LogP contribution in [0, 0.1) is 5.92 Å². The first kappa shape index (κ1) is 26.1. The Balaban J connectivity index is 1.75. The number of aliphatic imine (C=N–C) groups is 1. The topological polar surface area (TPSA) is 154 Å². The molecule has 0 unspecified atom stereocenters. The molecular weight excluding hydrogens is 492 g/mol. The van der Waals surface area contributed by atoms with Crippen molar-refractivity contribution in [2.45, 2.75) is 26.2 Å². The maximum atomic E-state index is 13.4. The molecule has 0 atom stereocenters. The molecule has 196 valence electrons. The van der Waals surface area contributed by atoms with E-state index in [4.69, 9.17) is 5.73 Å². The summed E-state index contributed by atoms with van der Waals surface area (Å²) < 4.78 is 26.9. The molecular formula is C25H32N8O3S. The molecule has 0 spiro atoms. The van der Waals surface area contributed by atoms with E-state index in [-0.39, 0.29) is 11.7 Å². The predicted octanol–water partition coefficient (Wildman–Crippen LogP) is 3.11. The Kier molecular flexibility index (Phi) is 8.07. The number of benzene rings is 1. The lowest BCUT2D eigenvalue weighted by molar-refractivity contribution is 0.102. The fraction of sp³-hybridized carbons (Fsp3) is 0.360. The van der Waals surface area contributed by atoms with Crippen LogP contribution < -0.4 is 26.1 Å². The minimum Gasteiger partial charge on any atom is -0.404 e. The number of sulfonamides is 1. The van der Waals surface area contributed by atoms with E-state index in [1.807, 2.05) is 6.21 Å². The minimum atomic E-state index is -3.46. The van der Waals surface area contributed by atoms with Crippen LogP contribution in [0.15, 0.2) is 46.6 Å². The third kappa shape index (κ3) is 6.26. The number of nitrogens with zero attached hydrogens (tertiary/aromatic N) is 4. The van der Waals surface area contributed by atoms with Crippen molar-refractivity contribution in [1.29, 1.82) is 0 Å². The Bertz CT molecular complexity index is 1350. The molecule has 12 heteroatoms. The van der Waals surface area contributed by atoms with Gasteiger partial charge in [0.25, 0.3) is 5.91 Å². The molecule has 4 bridgehead atoms. The van der Waals surface area contributed by atoms with Gasteiger partial charge >= 0.3 is 0 Å². The number of hydrazone groups is 1. The second-order valence-corrected chi connectivity index (χ2v) is 10.9. The van der Waals surface area contributed by atoms with Crippen molar-refractivity contribution >= 4 is 56.9 Å². The van der Waals surface area contributed by atoms with Gasteiger partial charge in [0, 0.05) is 49.9 Å². The summed E-state index contributed by atoms with van der Waals surface area (Å²) in [4.78, 5) is 24.2. The Labute approximate surface area is 217 Å². The molecule has 1 amide bonds. The maximum Gasteiger partial charge on any atom is 0.258 e. The minimum absolute atomic E-state index is 0.0410. The molecule has 1 aromatic carbocycles. The molecule has 1 saturated heterocycles. The number of piperidine rings is 1. The average molecular weight is 525 g/mol. The van der Waals surface area contributed by atoms with Crippen LogP contribution >= 0.6 is 0 Å². The summed E-state index contributed by atoms with van der Waals surface area (Å²) in [7, 11) is -1.80. The lowest BCUT2D eigenvalue weighted by Crippen LogP contribution is -2.35. The third-order valence-corrected chi connectivity index (χ3v) is 7.75. The van der Waals surface area contributed by atoms with Crippen LogP contribution in [-0.2, 0) is 10.0 Å². The zero-order valence-electron chi connectivity index (χ0n) is 20.9. The fourth-order valence-corrected chi connectivity index (χ4v) is 5.02. The molecule has 0 radical (unpaired) electrons. The fourth-order valence-electron chi connectivity index (χ4n) is 4.39. The molecule has 5 N–H and O–H groups in total. The highest BCUT2D eigenvalue weighted by atomic mass is 32.2. The van der Waals surface area contributed by atoms with Crippen LogP contribution in [0.1, 0.15) is 42.1 Å². The van der Waals surface area contributed by atoms with Gasteiger partial charge in [-0.15, -0.1) is 0 Å². The normalized spacial score (nSPS) is 17.9. The van der Waals surface area contributed by atoms with Crippen molar-refractivity contribution < 1.29 is 13.2 Å². The predicted molar refractivity (Wildman–Crippen MR) is 150 cm³/mol. The summed E-state index contributed by atoms with van der Waals surface area (Å²) in [6, 6.07) is 8.45. The Morgan fingerprint density at radius 1 is 1.27 bits per heavy atom. The van der Waals surface area contributed by atoms with Gasteiger partial charge in [-0.2, -0.15) is 5.10 Å². The van der Waals surface area contributed by atoms with Crippen LogP contribution in [-0.4, -0.2) is 57.6 Å². The van der Waals surface area contributed by atoms with E-state index in [2.05, 4.69) is 35.4 Å². The van der Waals surface area contributed by atoms with Crippen LogP contribution in [0.2, 0.25) is 0 Å². The second kappa shape index (κ2) is 11.4. The van der Waals surface area contributed by atoms with Gasteiger partial charge in [-0.05, 0) is 62.4 Å². The van der Waals surface area contributed by atoms with E-state index in [1.54, 1.807) is 50.5 Å². The number of hydrogen-bond donors (Lipinski definition) is 4. The lowest BCUT2D eigenvalue weighted by Gasteiger charge is -2.34. The third-order valence-electron chi connectivity index (χ3n) is 6.45. The quantitative estimate of drug-likeness (QED) is 0.438. The van der Waals surface area contributed by atoms with Crippen molar-refractivity contribution in [3.05, 3.63) is 47.7 Å². The molecule has 3 aliphatic heterocycles. The van der Waals surface area contributed by atoms with Crippen LogP contribution in [0.5, 0.6) is 0 Å². The first-order chi connectivity index (χ1) is 17.8. The zero-order valence-corrected chi connectivity index (χ0v) is 21.8. The monoisotopic (exact) mass is 524 g/mol. The van der Waals surface area contributed by atoms with Crippen molar-refractivity contribution in [2.24, 2.45) is 21.7 Å². The van der Waals surface area contributed by atoms with Gasteiger partial charge in [-0.1, -0.05) is 0 Å². The summed E-state index contributed by atoms with van der Waals surface area (Å²) in [5.41, 5.74) is 11.7. The Morgan fingerprint density at radius 3 is 2.76 bits per heavy atom. The van der Waals surface area contributed by atoms with Crippen molar-refractivity contribution in [1.82, 2.24) is 4.98 Å². The number of nitrogens with two attached hydrogens (primary N) is 1. The van der Waals surface area contributed by atoms with E-state index in [0.717, 1.165) is 32.4 Å². The number of carbonyl (C=O) groups excluding carboxylic acids is 1. The zero-order chi connectivity index (χ0) is 26.4. The highest BCUT2D eigenvalue weighted by Crippen LogP contribution is 2.32. The molecule has 1 fully saturated rings. The second-order valence-electron chi connectivity index (χ2n) is 8.88. The molecule has 1 aromatic heterocycles. The molecule has 2 aromatic rings. The smallest absolute Gasteiger partial charge is 0.258 e. The van der Waals surface area contributed by atoms with Gasteiger partial charge in [-0.3, -0.25) is 19.9 Å².